The minimum absolute atomic E-state index is 0.127. The number of rotatable bonds is 9. The van der Waals surface area contributed by atoms with Crippen LogP contribution >= 0.6 is 0 Å². The molecule has 0 radical (unpaired) electrons. The molecule has 0 spiro atoms. The lowest BCUT2D eigenvalue weighted by atomic mass is 9.93. The van der Waals surface area contributed by atoms with Crippen LogP contribution in [0.2, 0.25) is 0 Å². The van der Waals surface area contributed by atoms with Crippen molar-refractivity contribution in [3.8, 4) is 0 Å². The van der Waals surface area contributed by atoms with Crippen LogP contribution in [-0.2, 0) is 19.1 Å². The van der Waals surface area contributed by atoms with Crippen molar-refractivity contribution in [2.24, 2.45) is 5.92 Å². The summed E-state index contributed by atoms with van der Waals surface area (Å²) >= 11 is 0. The average molecular weight is 547 g/mol. The summed E-state index contributed by atoms with van der Waals surface area (Å²) in [6.07, 6.45) is -8.13. The number of alkyl carbamates (subject to hydrolysis) is 1. The monoisotopic (exact) mass is 546 g/mol. The predicted molar refractivity (Wildman–Crippen MR) is 120 cm³/mol. The molecule has 0 aromatic heterocycles. The molecule has 4 atom stereocenters. The van der Waals surface area contributed by atoms with Crippen LogP contribution in [0.5, 0.6) is 0 Å². The minimum atomic E-state index is -4.95. The molecule has 1 rings (SSSR count). The van der Waals surface area contributed by atoms with E-state index in [1.807, 2.05) is 0 Å². The second kappa shape index (κ2) is 12.2. The van der Waals surface area contributed by atoms with Gasteiger partial charge in [0, 0.05) is 6.54 Å². The first kappa shape index (κ1) is 32.3. The number of carbonyl (C=O) groups is 4. The molecule has 1 unspecified atom stereocenters. The van der Waals surface area contributed by atoms with Crippen molar-refractivity contribution < 1.29 is 51.0 Å². The molecule has 4 N–H and O–H groups in total. The summed E-state index contributed by atoms with van der Waals surface area (Å²) in [5, 5.41) is 15.8. The average Bonchev–Trinajstić information content (AvgIpc) is 3.22. The number of carbonyl (C=O) groups excluding carboxylic acids is 4. The van der Waals surface area contributed by atoms with E-state index in [0.717, 1.165) is 10.2 Å². The third-order valence-corrected chi connectivity index (χ3v) is 5.43. The van der Waals surface area contributed by atoms with Crippen LogP contribution in [0.15, 0.2) is 0 Å². The molecule has 0 aromatic carbocycles. The molecule has 0 aromatic rings. The van der Waals surface area contributed by atoms with E-state index < -0.39 is 78.2 Å². The van der Waals surface area contributed by atoms with E-state index in [1.165, 1.54) is 20.8 Å². The van der Waals surface area contributed by atoms with Gasteiger partial charge in [-0.05, 0) is 46.5 Å². The zero-order valence-corrected chi connectivity index (χ0v) is 21.5. The Hall–Kier alpha value is -2.71. The van der Waals surface area contributed by atoms with Crippen LogP contribution < -0.4 is 16.0 Å². The molecule has 4 amide bonds. The van der Waals surface area contributed by atoms with E-state index in [1.54, 1.807) is 20.8 Å². The summed E-state index contributed by atoms with van der Waals surface area (Å²) in [4.78, 5) is 50.6. The van der Waals surface area contributed by atoms with Crippen molar-refractivity contribution in [3.05, 3.63) is 0 Å². The fourth-order valence-corrected chi connectivity index (χ4v) is 3.63. The fourth-order valence-electron chi connectivity index (χ4n) is 3.63. The maximum absolute atomic E-state index is 14.5. The smallest absolute Gasteiger partial charge is 0.408 e. The highest BCUT2D eigenvalue weighted by Gasteiger charge is 2.52. The minimum Gasteiger partial charge on any atom is -0.444 e. The molecule has 37 heavy (non-hydrogen) atoms. The summed E-state index contributed by atoms with van der Waals surface area (Å²) in [6, 6.07) is -3.96. The SMILES string of the molecule is CC(C)C(NC(=O)[C@@H]1CCCN1C(=O)[C@H](C)NC(=O)OC(C)(C)C)[C@@H](O)C(F)(F)C(=O)NCC(F)(F)F. The third-order valence-electron chi connectivity index (χ3n) is 5.43. The van der Waals surface area contributed by atoms with Crippen LogP contribution in [-0.4, -0.2) is 88.8 Å². The maximum atomic E-state index is 14.5. The lowest BCUT2D eigenvalue weighted by molar-refractivity contribution is -0.175. The van der Waals surface area contributed by atoms with Gasteiger partial charge in [0.25, 0.3) is 5.91 Å². The first-order valence-corrected chi connectivity index (χ1v) is 11.7. The van der Waals surface area contributed by atoms with Gasteiger partial charge >= 0.3 is 18.2 Å². The van der Waals surface area contributed by atoms with Crippen LogP contribution in [0.25, 0.3) is 0 Å². The van der Waals surface area contributed by atoms with Gasteiger partial charge < -0.3 is 30.7 Å². The number of ether oxygens (including phenoxy) is 1. The number of halogens is 5. The number of aliphatic hydroxyl groups is 1. The van der Waals surface area contributed by atoms with Gasteiger partial charge in [-0.15, -0.1) is 0 Å². The van der Waals surface area contributed by atoms with Crippen molar-refractivity contribution in [2.45, 2.75) is 96.3 Å². The number of amides is 4. The Morgan fingerprint density at radius 1 is 1.03 bits per heavy atom. The predicted octanol–water partition coefficient (Wildman–Crippen LogP) is 1.71. The van der Waals surface area contributed by atoms with Gasteiger partial charge in [0.15, 0.2) is 0 Å². The first-order valence-electron chi connectivity index (χ1n) is 11.7. The van der Waals surface area contributed by atoms with Gasteiger partial charge in [0.2, 0.25) is 11.8 Å². The quantitative estimate of drug-likeness (QED) is 0.325. The van der Waals surface area contributed by atoms with E-state index in [2.05, 4.69) is 10.6 Å². The number of alkyl halides is 5. The van der Waals surface area contributed by atoms with Gasteiger partial charge in [-0.3, -0.25) is 14.4 Å². The topological polar surface area (TPSA) is 137 Å². The summed E-state index contributed by atoms with van der Waals surface area (Å²) in [7, 11) is 0. The summed E-state index contributed by atoms with van der Waals surface area (Å²) in [6.45, 7) is 7.06. The van der Waals surface area contributed by atoms with E-state index in [9.17, 15) is 46.2 Å². The second-order valence-electron chi connectivity index (χ2n) is 10.2. The summed E-state index contributed by atoms with van der Waals surface area (Å²) < 4.78 is 70.9. The third kappa shape index (κ3) is 9.59. The summed E-state index contributed by atoms with van der Waals surface area (Å²) in [5.41, 5.74) is -0.818. The normalized spacial score (nSPS) is 19.2. The number of likely N-dealkylation sites (tertiary alicyclic amines) is 1. The highest BCUT2D eigenvalue weighted by Crippen LogP contribution is 2.27. The molecule has 1 saturated heterocycles. The summed E-state index contributed by atoms with van der Waals surface area (Å²) in [5.74, 6) is -9.43. The Morgan fingerprint density at radius 3 is 2.08 bits per heavy atom. The maximum Gasteiger partial charge on any atom is 0.408 e. The first-order chi connectivity index (χ1) is 16.7. The van der Waals surface area contributed by atoms with E-state index in [-0.39, 0.29) is 13.0 Å². The Balaban J connectivity index is 2.94. The van der Waals surface area contributed by atoms with Crippen molar-refractivity contribution in [1.29, 1.82) is 0 Å². The van der Waals surface area contributed by atoms with Crippen molar-refractivity contribution in [2.75, 3.05) is 13.1 Å². The van der Waals surface area contributed by atoms with Crippen LogP contribution in [0.4, 0.5) is 26.7 Å². The van der Waals surface area contributed by atoms with Crippen molar-refractivity contribution in [3.63, 3.8) is 0 Å². The molecule has 10 nitrogen and oxygen atoms in total. The Morgan fingerprint density at radius 2 is 1.59 bits per heavy atom. The fraction of sp³-hybridized carbons (Fsp3) is 0.818. The van der Waals surface area contributed by atoms with Crippen molar-refractivity contribution >= 4 is 23.8 Å². The molecule has 1 aliphatic rings. The Bertz CT molecular complexity index is 846. The van der Waals surface area contributed by atoms with E-state index in [4.69, 9.17) is 4.74 Å². The van der Waals surface area contributed by atoms with E-state index >= 15 is 0 Å². The van der Waals surface area contributed by atoms with E-state index in [0.29, 0.717) is 6.42 Å². The molecule has 1 aliphatic heterocycles. The van der Waals surface area contributed by atoms with Crippen LogP contribution in [0.3, 0.4) is 0 Å². The molecule has 0 bridgehead atoms. The zero-order valence-electron chi connectivity index (χ0n) is 21.5. The Kier molecular flexibility index (Phi) is 10.7. The highest BCUT2D eigenvalue weighted by atomic mass is 19.4. The Labute approximate surface area is 211 Å². The molecular weight excluding hydrogens is 511 g/mol. The van der Waals surface area contributed by atoms with Gasteiger partial charge in [-0.2, -0.15) is 22.0 Å². The molecule has 214 valence electrons. The van der Waals surface area contributed by atoms with Gasteiger partial charge in [0.05, 0.1) is 6.04 Å². The number of hydrogen-bond acceptors (Lipinski definition) is 6. The van der Waals surface area contributed by atoms with Crippen LogP contribution in [0.1, 0.15) is 54.4 Å². The van der Waals surface area contributed by atoms with Gasteiger partial charge in [0.1, 0.15) is 30.3 Å². The number of hydrogen-bond donors (Lipinski definition) is 4. The van der Waals surface area contributed by atoms with Gasteiger partial charge in [-0.25, -0.2) is 4.79 Å². The highest BCUT2D eigenvalue weighted by molar-refractivity contribution is 5.92. The second-order valence-corrected chi connectivity index (χ2v) is 10.2. The molecule has 0 aliphatic carbocycles. The molecule has 0 saturated carbocycles. The lowest BCUT2D eigenvalue weighted by Gasteiger charge is -2.34. The molecule has 1 fully saturated rings. The van der Waals surface area contributed by atoms with Crippen molar-refractivity contribution in [1.82, 2.24) is 20.9 Å². The van der Waals surface area contributed by atoms with Crippen LogP contribution in [0, 0.1) is 5.92 Å². The lowest BCUT2D eigenvalue weighted by Crippen LogP contribution is -2.61. The largest absolute Gasteiger partial charge is 0.444 e. The standard InChI is InChI=1S/C22H35F5N4O6/c1-11(2)14(15(32)22(26,27)18(35)28-10-21(23,24)25)30-16(33)13-8-7-9-31(13)17(34)12(3)29-19(36)37-20(4,5)6/h11-15,32H,7-10H2,1-6H3,(H,28,35)(H,29,36)(H,30,33)/t12-,13-,14?,15+/m0/s1. The molecule has 15 heteroatoms. The number of aliphatic hydroxyl groups excluding tert-OH is 1. The number of nitrogens with one attached hydrogen (secondary N) is 3. The molecule has 1 heterocycles. The molecular formula is C22H35F5N4O6. The van der Waals surface area contributed by atoms with Gasteiger partial charge in [-0.1, -0.05) is 13.8 Å². The number of nitrogens with zero attached hydrogens (tertiary/aromatic N) is 1. The zero-order chi connectivity index (χ0) is 28.9.